The number of carbonyl (C=O) groups is 3. The van der Waals surface area contributed by atoms with Crippen molar-refractivity contribution in [2.24, 2.45) is 0 Å². The van der Waals surface area contributed by atoms with Crippen LogP contribution in [0.3, 0.4) is 0 Å². The minimum absolute atomic E-state index is 0.0287. The van der Waals surface area contributed by atoms with Gasteiger partial charge in [-0.25, -0.2) is 0 Å². The molecule has 0 bridgehead atoms. The fourth-order valence-corrected chi connectivity index (χ4v) is 3.67. The molecule has 0 N–H and O–H groups in total. The van der Waals surface area contributed by atoms with E-state index in [1.165, 1.54) is 0 Å². The van der Waals surface area contributed by atoms with Crippen LogP contribution in [-0.4, -0.2) is 17.3 Å². The summed E-state index contributed by atoms with van der Waals surface area (Å²) in [6.45, 7) is 9.48. The summed E-state index contributed by atoms with van der Waals surface area (Å²) in [5.41, 5.74) is 5.93. The molecule has 0 radical (unpaired) electrons. The van der Waals surface area contributed by atoms with Gasteiger partial charge in [0.25, 0.3) is 0 Å². The molecule has 0 saturated heterocycles. The number of carbonyl (C=O) groups excluding carboxylic acids is 3. The van der Waals surface area contributed by atoms with Crippen molar-refractivity contribution in [3.63, 3.8) is 0 Å². The second-order valence-corrected chi connectivity index (χ2v) is 6.20. The number of rotatable bonds is 2. The van der Waals surface area contributed by atoms with Gasteiger partial charge in [0.1, 0.15) is 11.6 Å². The minimum Gasteiger partial charge on any atom is -0.299 e. The zero-order valence-corrected chi connectivity index (χ0v) is 13.4. The Morgan fingerprint density at radius 2 is 1.29 bits per heavy atom. The molecule has 1 aliphatic carbocycles. The third kappa shape index (κ3) is 2.69. The minimum atomic E-state index is -0.0304. The maximum absolute atomic E-state index is 11.9. The van der Waals surface area contributed by atoms with Gasteiger partial charge in [0.05, 0.1) is 6.42 Å². The van der Waals surface area contributed by atoms with Gasteiger partial charge in [-0.1, -0.05) is 0 Å². The normalized spacial score (nSPS) is 16.4. The molecule has 21 heavy (non-hydrogen) atoms. The predicted octanol–water partition coefficient (Wildman–Crippen LogP) is 3.53. The van der Waals surface area contributed by atoms with E-state index in [1.807, 2.05) is 27.7 Å². The molecule has 1 fully saturated rings. The van der Waals surface area contributed by atoms with E-state index in [1.54, 1.807) is 6.92 Å². The van der Waals surface area contributed by atoms with E-state index < -0.39 is 0 Å². The summed E-state index contributed by atoms with van der Waals surface area (Å²) in [6, 6.07) is 0. The Hall–Kier alpha value is -1.77. The van der Waals surface area contributed by atoms with Crippen LogP contribution in [0.5, 0.6) is 0 Å². The van der Waals surface area contributed by atoms with Crippen molar-refractivity contribution in [2.75, 3.05) is 0 Å². The van der Waals surface area contributed by atoms with Crippen LogP contribution in [0.2, 0.25) is 0 Å². The van der Waals surface area contributed by atoms with Gasteiger partial charge >= 0.3 is 0 Å². The van der Waals surface area contributed by atoms with Crippen LogP contribution >= 0.6 is 0 Å². The molecule has 0 aliphatic heterocycles. The molecule has 0 atom stereocenters. The summed E-state index contributed by atoms with van der Waals surface area (Å²) in [6.07, 6.45) is 0.954. The van der Waals surface area contributed by atoms with Crippen molar-refractivity contribution in [1.82, 2.24) is 0 Å². The van der Waals surface area contributed by atoms with Crippen LogP contribution in [0.15, 0.2) is 0 Å². The summed E-state index contributed by atoms with van der Waals surface area (Å²) in [7, 11) is 0. The van der Waals surface area contributed by atoms with Gasteiger partial charge in [-0.05, 0) is 68.4 Å². The maximum Gasteiger partial charge on any atom is 0.160 e. The fourth-order valence-electron chi connectivity index (χ4n) is 3.67. The molecule has 2 rings (SSSR count). The molecule has 0 unspecified atom stereocenters. The Bertz CT molecular complexity index is 608. The van der Waals surface area contributed by atoms with E-state index in [0.717, 1.165) is 33.4 Å². The molecule has 3 heteroatoms. The standard InChI is InChI=1S/C18H22O3/c1-9-11(3)18(12(4)10(2)17(9)13(5)19)14-6-15(20)8-16(21)7-14/h14H,6-8H2,1-5H3. The van der Waals surface area contributed by atoms with E-state index in [-0.39, 0.29) is 29.7 Å². The van der Waals surface area contributed by atoms with Gasteiger partial charge in [-0.3, -0.25) is 14.4 Å². The van der Waals surface area contributed by atoms with E-state index in [9.17, 15) is 14.4 Å². The molecule has 0 spiro atoms. The van der Waals surface area contributed by atoms with Crippen molar-refractivity contribution < 1.29 is 14.4 Å². The fraction of sp³-hybridized carbons (Fsp3) is 0.500. The smallest absolute Gasteiger partial charge is 0.160 e. The first kappa shape index (κ1) is 15.6. The highest BCUT2D eigenvalue weighted by Crippen LogP contribution is 2.37. The largest absolute Gasteiger partial charge is 0.299 e. The molecule has 1 aliphatic rings. The summed E-state index contributed by atoms with van der Waals surface area (Å²) in [4.78, 5) is 35.4. The lowest BCUT2D eigenvalue weighted by Gasteiger charge is -2.27. The number of Topliss-reactive ketones (excluding diaryl/α,β-unsaturated/α-hetero) is 3. The molecule has 0 heterocycles. The zero-order chi connectivity index (χ0) is 15.9. The average molecular weight is 286 g/mol. The Morgan fingerprint density at radius 1 is 0.857 bits per heavy atom. The lowest BCUT2D eigenvalue weighted by Crippen LogP contribution is -2.23. The third-order valence-corrected chi connectivity index (χ3v) is 4.79. The first-order valence-corrected chi connectivity index (χ1v) is 7.38. The molecule has 0 aromatic heterocycles. The predicted molar refractivity (Wildman–Crippen MR) is 82.0 cm³/mol. The van der Waals surface area contributed by atoms with Gasteiger partial charge < -0.3 is 0 Å². The quantitative estimate of drug-likeness (QED) is 0.617. The average Bonchev–Trinajstić information content (AvgIpc) is 2.35. The number of hydrogen-bond acceptors (Lipinski definition) is 3. The lowest BCUT2D eigenvalue weighted by molar-refractivity contribution is -0.130. The first-order valence-electron chi connectivity index (χ1n) is 7.38. The Labute approximate surface area is 125 Å². The van der Waals surface area contributed by atoms with Crippen LogP contribution in [0.4, 0.5) is 0 Å². The van der Waals surface area contributed by atoms with Gasteiger partial charge in [-0.2, -0.15) is 0 Å². The second-order valence-electron chi connectivity index (χ2n) is 6.20. The van der Waals surface area contributed by atoms with Crippen LogP contribution in [0.1, 0.15) is 70.3 Å². The molecular formula is C18H22O3. The zero-order valence-electron chi connectivity index (χ0n) is 13.4. The number of hydrogen-bond donors (Lipinski definition) is 0. The van der Waals surface area contributed by atoms with E-state index in [0.29, 0.717) is 12.8 Å². The van der Waals surface area contributed by atoms with Crippen molar-refractivity contribution in [3.8, 4) is 0 Å². The highest BCUT2D eigenvalue weighted by atomic mass is 16.1. The van der Waals surface area contributed by atoms with Crippen LogP contribution in [-0.2, 0) is 9.59 Å². The van der Waals surface area contributed by atoms with E-state index in [4.69, 9.17) is 0 Å². The second kappa shape index (κ2) is 5.55. The molecule has 1 aromatic carbocycles. The van der Waals surface area contributed by atoms with Crippen molar-refractivity contribution in [3.05, 3.63) is 33.4 Å². The monoisotopic (exact) mass is 286 g/mol. The van der Waals surface area contributed by atoms with Gasteiger partial charge in [0, 0.05) is 18.4 Å². The van der Waals surface area contributed by atoms with Crippen LogP contribution in [0.25, 0.3) is 0 Å². The summed E-state index contributed by atoms with van der Waals surface area (Å²) in [5, 5.41) is 0. The van der Waals surface area contributed by atoms with Crippen LogP contribution < -0.4 is 0 Å². The summed E-state index contributed by atoms with van der Waals surface area (Å²) >= 11 is 0. The Morgan fingerprint density at radius 3 is 1.67 bits per heavy atom. The van der Waals surface area contributed by atoms with Crippen molar-refractivity contribution in [1.29, 1.82) is 0 Å². The topological polar surface area (TPSA) is 51.2 Å². The summed E-state index contributed by atoms with van der Waals surface area (Å²) in [5.74, 6) is 0.0951. The van der Waals surface area contributed by atoms with Crippen LogP contribution in [0, 0.1) is 27.7 Å². The van der Waals surface area contributed by atoms with E-state index >= 15 is 0 Å². The molecule has 1 aromatic rings. The molecular weight excluding hydrogens is 264 g/mol. The first-order chi connectivity index (χ1) is 9.73. The SMILES string of the molecule is CC(=O)c1c(C)c(C)c(C2CC(=O)CC(=O)C2)c(C)c1C. The molecule has 3 nitrogen and oxygen atoms in total. The highest BCUT2D eigenvalue weighted by molar-refractivity contribution is 6.02. The lowest BCUT2D eigenvalue weighted by atomic mass is 9.76. The van der Waals surface area contributed by atoms with Gasteiger partial charge in [-0.15, -0.1) is 0 Å². The molecule has 112 valence electrons. The Balaban J connectivity index is 2.62. The summed E-state index contributed by atoms with van der Waals surface area (Å²) < 4.78 is 0. The Kier molecular flexibility index (Phi) is 4.13. The number of ketones is 3. The van der Waals surface area contributed by atoms with E-state index in [2.05, 4.69) is 0 Å². The maximum atomic E-state index is 11.9. The third-order valence-electron chi connectivity index (χ3n) is 4.79. The van der Waals surface area contributed by atoms with Gasteiger partial charge in [0.2, 0.25) is 0 Å². The highest BCUT2D eigenvalue weighted by Gasteiger charge is 2.30. The molecule has 1 saturated carbocycles. The van der Waals surface area contributed by atoms with Crippen molar-refractivity contribution in [2.45, 2.75) is 59.8 Å². The molecule has 0 amide bonds. The van der Waals surface area contributed by atoms with Gasteiger partial charge in [0.15, 0.2) is 5.78 Å². The number of benzene rings is 1. The van der Waals surface area contributed by atoms with Crippen molar-refractivity contribution >= 4 is 17.3 Å².